The van der Waals surface area contributed by atoms with Crippen LogP contribution in [0.25, 0.3) is 10.8 Å². The molecule has 14 heteroatoms. The second kappa shape index (κ2) is 26.0. The van der Waals surface area contributed by atoms with Crippen molar-refractivity contribution in [3.05, 3.63) is 168 Å². The summed E-state index contributed by atoms with van der Waals surface area (Å²) in [6.45, 7) is 10.1. The minimum absolute atomic E-state index is 0.0160. The third kappa shape index (κ3) is 17.7. The molecule has 0 radical (unpaired) electrons. The van der Waals surface area contributed by atoms with Crippen molar-refractivity contribution in [1.29, 1.82) is 0 Å². The average Bonchev–Trinajstić information content (AvgIpc) is 3.27. The van der Waals surface area contributed by atoms with Crippen molar-refractivity contribution in [2.75, 3.05) is 32.6 Å². The molecule has 0 heterocycles. The van der Waals surface area contributed by atoms with E-state index in [1.807, 2.05) is 92.7 Å². The maximum Gasteiger partial charge on any atom is 0.339 e. The topological polar surface area (TPSA) is 186 Å². The lowest BCUT2D eigenvalue weighted by Gasteiger charge is -2.40. The van der Waals surface area contributed by atoms with Gasteiger partial charge in [0.05, 0.1) is 11.5 Å². The third-order valence-electron chi connectivity index (χ3n) is 9.47. The van der Waals surface area contributed by atoms with Gasteiger partial charge < -0.3 is 29.5 Å². The Hall–Kier alpha value is -6.87. The molecule has 65 heavy (non-hydrogen) atoms. The van der Waals surface area contributed by atoms with Crippen LogP contribution in [0.1, 0.15) is 62.5 Å². The van der Waals surface area contributed by atoms with Gasteiger partial charge in [-0.15, -0.1) is 0 Å². The van der Waals surface area contributed by atoms with Crippen LogP contribution in [0.15, 0.2) is 157 Å². The number of carboxylic acid groups (broad SMARTS) is 1. The molecule has 344 valence electrons. The Balaban J connectivity index is 0.000000242. The summed E-state index contributed by atoms with van der Waals surface area (Å²) in [6, 6.07) is 45.5. The fraction of sp³-hybridized carbons (Fsp3) is 0.255. The van der Waals surface area contributed by atoms with Crippen LogP contribution in [0.4, 0.5) is 5.69 Å². The molecule has 0 spiro atoms. The number of amides is 1. The van der Waals surface area contributed by atoms with E-state index in [1.54, 1.807) is 24.3 Å². The predicted octanol–water partition coefficient (Wildman–Crippen LogP) is 9.72. The molecule has 0 fully saturated rings. The lowest BCUT2D eigenvalue weighted by atomic mass is 9.77. The normalized spacial score (nSPS) is 12.0. The van der Waals surface area contributed by atoms with Gasteiger partial charge in [0.1, 0.15) is 22.7 Å². The molecule has 2 atom stereocenters. The smallest absolute Gasteiger partial charge is 0.339 e. The van der Waals surface area contributed by atoms with E-state index in [0.29, 0.717) is 19.4 Å². The highest BCUT2D eigenvalue weighted by molar-refractivity contribution is 7.85. The average molecular weight is 907 g/mol. The van der Waals surface area contributed by atoms with Crippen molar-refractivity contribution in [3.63, 3.8) is 0 Å². The fourth-order valence-corrected chi connectivity index (χ4v) is 7.08. The zero-order valence-corrected chi connectivity index (χ0v) is 38.6. The Labute approximate surface area is 381 Å². The zero-order valence-electron chi connectivity index (χ0n) is 37.8. The first kappa shape index (κ1) is 52.5. The number of benzene rings is 6. The summed E-state index contributed by atoms with van der Waals surface area (Å²) in [7, 11) is 0.00971. The number of esters is 2. The Morgan fingerprint density at radius 3 is 1.85 bits per heavy atom. The van der Waals surface area contributed by atoms with Gasteiger partial charge >= 0.3 is 17.9 Å². The van der Waals surface area contributed by atoms with E-state index < -0.39 is 27.7 Å². The highest BCUT2D eigenvalue weighted by Crippen LogP contribution is 2.38. The minimum atomic E-state index is -4.09. The number of rotatable bonds is 14. The van der Waals surface area contributed by atoms with Crippen molar-refractivity contribution in [2.24, 2.45) is 5.92 Å². The molecule has 0 saturated heterocycles. The molecular weight excluding hydrogens is 849 g/mol. The summed E-state index contributed by atoms with van der Waals surface area (Å²) >= 11 is 0. The van der Waals surface area contributed by atoms with Crippen LogP contribution in [-0.4, -0.2) is 74.0 Å². The van der Waals surface area contributed by atoms with E-state index in [0.717, 1.165) is 34.3 Å². The van der Waals surface area contributed by atoms with Crippen LogP contribution >= 0.6 is 0 Å². The minimum Gasteiger partial charge on any atom is -0.494 e. The second-order valence-corrected chi connectivity index (χ2v) is 16.3. The zero-order chi connectivity index (χ0) is 48.0. The van der Waals surface area contributed by atoms with Gasteiger partial charge in [-0.05, 0) is 91.4 Å². The number of nitrogens with zero attached hydrogens (tertiary/aromatic N) is 1. The molecule has 6 aromatic rings. The van der Waals surface area contributed by atoms with Crippen molar-refractivity contribution < 1.29 is 51.5 Å². The molecule has 6 rings (SSSR count). The number of carboxylic acids is 1. The van der Waals surface area contributed by atoms with E-state index in [1.165, 1.54) is 43.7 Å². The first-order valence-corrected chi connectivity index (χ1v) is 22.3. The molecule has 0 aliphatic rings. The Morgan fingerprint density at radius 1 is 0.738 bits per heavy atom. The van der Waals surface area contributed by atoms with Crippen LogP contribution in [0.5, 0.6) is 11.5 Å². The van der Waals surface area contributed by atoms with Crippen LogP contribution in [-0.2, 0) is 41.3 Å². The van der Waals surface area contributed by atoms with Crippen LogP contribution in [0.2, 0.25) is 0 Å². The van der Waals surface area contributed by atoms with Crippen molar-refractivity contribution in [3.8, 4) is 11.5 Å². The van der Waals surface area contributed by atoms with Gasteiger partial charge in [-0.3, -0.25) is 18.9 Å². The number of anilines is 1. The molecule has 0 aliphatic heterocycles. The molecule has 0 bridgehead atoms. The molecule has 0 aliphatic carbocycles. The van der Waals surface area contributed by atoms with E-state index in [4.69, 9.17) is 19.1 Å². The Bertz CT molecular complexity index is 2550. The van der Waals surface area contributed by atoms with Gasteiger partial charge in [0.2, 0.25) is 5.91 Å². The van der Waals surface area contributed by atoms with Gasteiger partial charge in [-0.2, -0.15) is 8.42 Å². The number of carbonyl (C=O) groups excluding carboxylic acids is 3. The monoisotopic (exact) mass is 906 g/mol. The Morgan fingerprint density at radius 2 is 1.31 bits per heavy atom. The van der Waals surface area contributed by atoms with Crippen LogP contribution in [0, 0.1) is 5.92 Å². The van der Waals surface area contributed by atoms with E-state index in [2.05, 4.69) is 60.2 Å². The fourth-order valence-electron chi connectivity index (χ4n) is 6.57. The van der Waals surface area contributed by atoms with Crippen LogP contribution in [0.3, 0.4) is 0 Å². The molecule has 6 aromatic carbocycles. The number of hydrogen-bond acceptors (Lipinski definition) is 10. The van der Waals surface area contributed by atoms with E-state index in [9.17, 15) is 27.6 Å². The van der Waals surface area contributed by atoms with Gasteiger partial charge in [0.15, 0.2) is 0 Å². The maximum absolute atomic E-state index is 12.3. The molecule has 0 aromatic heterocycles. The first-order valence-electron chi connectivity index (χ1n) is 20.8. The Kier molecular flexibility index (Phi) is 21.0. The number of hydrogen-bond donors (Lipinski definition) is 3. The first-order chi connectivity index (χ1) is 30.9. The summed E-state index contributed by atoms with van der Waals surface area (Å²) in [5.41, 5.74) is 2.31. The van der Waals surface area contributed by atoms with Gasteiger partial charge in [-0.25, -0.2) is 4.79 Å². The standard InChI is InChI=1S/C22H29NO2.C10H13NO2.C10H8O3S.C9H8O4/c1-5-21(24)25-22(18(2)17-23(3)4,20-14-10-7-11-15-20)16-19-12-8-6-9-13-19;1-3-13-10-6-4-9(5-7-10)11-8(2)12;11-14(12,13)10-6-5-8-3-1-2-4-9(8)7-10;1-6(10)13-8-5-3-2-4-7(8)9(11)12/h6-15,18H,5,16-17H2,1-4H3;4-7H,3H2,1-2H3,(H,11,12);1-7H,(H,11,12,13);2-5H,1H3,(H,11,12). The number of carbonyl (C=O) groups is 4. The maximum atomic E-state index is 12.3. The molecule has 0 saturated carbocycles. The highest BCUT2D eigenvalue weighted by atomic mass is 32.2. The number of nitrogens with one attached hydrogen (secondary N) is 1. The van der Waals surface area contributed by atoms with Gasteiger partial charge in [0.25, 0.3) is 10.1 Å². The molecule has 1 amide bonds. The summed E-state index contributed by atoms with van der Waals surface area (Å²) in [5.74, 6) is -0.847. The largest absolute Gasteiger partial charge is 0.494 e. The lowest BCUT2D eigenvalue weighted by Crippen LogP contribution is -2.44. The number of fused-ring (bicyclic) bond motifs is 1. The van der Waals surface area contributed by atoms with Crippen molar-refractivity contribution in [2.45, 2.75) is 58.0 Å². The van der Waals surface area contributed by atoms with Gasteiger partial charge in [0, 0.05) is 44.8 Å². The summed E-state index contributed by atoms with van der Waals surface area (Å²) in [6.07, 6.45) is 1.04. The van der Waals surface area contributed by atoms with Gasteiger partial charge in [-0.1, -0.05) is 117 Å². The molecular formula is C51H58N2O11S. The number of para-hydroxylation sites is 1. The third-order valence-corrected chi connectivity index (χ3v) is 10.3. The van der Waals surface area contributed by atoms with Crippen molar-refractivity contribution >= 4 is 50.4 Å². The number of ether oxygens (including phenoxy) is 3. The second-order valence-electron chi connectivity index (χ2n) is 14.9. The van der Waals surface area contributed by atoms with E-state index >= 15 is 0 Å². The van der Waals surface area contributed by atoms with E-state index in [-0.39, 0.29) is 34.0 Å². The molecule has 3 N–H and O–H groups in total. The summed E-state index contributed by atoms with van der Waals surface area (Å²) in [4.78, 5) is 46.3. The molecule has 2 unspecified atom stereocenters. The summed E-state index contributed by atoms with van der Waals surface area (Å²) < 4.78 is 46.6. The highest BCUT2D eigenvalue weighted by Gasteiger charge is 2.42. The lowest BCUT2D eigenvalue weighted by molar-refractivity contribution is -0.168. The predicted molar refractivity (Wildman–Crippen MR) is 253 cm³/mol. The molecule has 13 nitrogen and oxygen atoms in total. The summed E-state index contributed by atoms with van der Waals surface area (Å²) in [5, 5.41) is 13.1. The van der Waals surface area contributed by atoms with Crippen LogP contribution < -0.4 is 14.8 Å². The SMILES string of the molecule is CC(=O)Oc1ccccc1C(=O)O.CCC(=O)OC(Cc1ccccc1)(c1ccccc1)C(C)CN(C)C.CCOc1ccc(NC(C)=O)cc1.O=S(=O)(O)c1ccc2ccccc2c1. The quantitative estimate of drug-likeness (QED) is 0.0535. The number of aromatic carboxylic acids is 1. The van der Waals surface area contributed by atoms with Crippen molar-refractivity contribution in [1.82, 2.24) is 4.90 Å².